The molecule has 1 aliphatic heterocycles. The Morgan fingerprint density at radius 1 is 0.944 bits per heavy atom. The van der Waals surface area contributed by atoms with Gasteiger partial charge < -0.3 is 4.98 Å². The Kier molecular flexibility index (Phi) is 5.29. The minimum absolute atomic E-state index is 0.670. The molecule has 6 aromatic heterocycles. The molecule has 0 aliphatic carbocycles. The summed E-state index contributed by atoms with van der Waals surface area (Å²) in [5.41, 5.74) is 7.38. The van der Waals surface area contributed by atoms with E-state index in [1.54, 1.807) is 11.3 Å². The molecule has 0 spiro atoms. The molecule has 0 atom stereocenters. The lowest BCUT2D eigenvalue weighted by Crippen LogP contribution is -2.29. The van der Waals surface area contributed by atoms with Gasteiger partial charge in [-0.1, -0.05) is 12.5 Å². The molecule has 0 amide bonds. The fraction of sp³-hybridized carbons (Fsp3) is 0.222. The number of aromatic amines is 2. The number of thiophene rings is 1. The van der Waals surface area contributed by atoms with Crippen LogP contribution in [0.1, 0.15) is 24.8 Å². The van der Waals surface area contributed by atoms with E-state index in [1.165, 1.54) is 24.8 Å². The molecule has 9 heteroatoms. The number of fused-ring (bicyclic) bond motifs is 2. The highest BCUT2D eigenvalue weighted by molar-refractivity contribution is 7.13. The number of rotatable bonds is 5. The molecule has 0 radical (unpaired) electrons. The van der Waals surface area contributed by atoms with Crippen LogP contribution < -0.4 is 0 Å². The highest BCUT2D eigenvalue weighted by Crippen LogP contribution is 2.33. The maximum absolute atomic E-state index is 4.90. The second-order valence-corrected chi connectivity index (χ2v) is 10.2. The summed E-state index contributed by atoms with van der Waals surface area (Å²) in [6, 6.07) is 10.5. The zero-order valence-electron chi connectivity index (χ0n) is 19.6. The summed E-state index contributed by atoms with van der Waals surface area (Å²) in [7, 11) is 0. The van der Waals surface area contributed by atoms with Crippen LogP contribution in [0.25, 0.3) is 55.3 Å². The largest absolute Gasteiger partial charge is 0.321 e. The first-order valence-corrected chi connectivity index (χ1v) is 13.1. The highest BCUT2D eigenvalue weighted by Gasteiger charge is 2.18. The summed E-state index contributed by atoms with van der Waals surface area (Å²) in [5.74, 6) is 0.670. The van der Waals surface area contributed by atoms with Gasteiger partial charge >= 0.3 is 0 Å². The van der Waals surface area contributed by atoms with Gasteiger partial charge in [-0.25, -0.2) is 15.0 Å². The summed E-state index contributed by atoms with van der Waals surface area (Å²) in [4.78, 5) is 25.6. The zero-order valence-corrected chi connectivity index (χ0v) is 20.4. The second kappa shape index (κ2) is 8.92. The predicted octanol–water partition coefficient (Wildman–Crippen LogP) is 5.67. The summed E-state index contributed by atoms with van der Waals surface area (Å²) in [6.45, 7) is 3.26. The average Bonchev–Trinajstić information content (AvgIpc) is 3.68. The van der Waals surface area contributed by atoms with Crippen LogP contribution in [0, 0.1) is 0 Å². The summed E-state index contributed by atoms with van der Waals surface area (Å²) >= 11 is 1.69. The van der Waals surface area contributed by atoms with Crippen molar-refractivity contribution in [3.63, 3.8) is 0 Å². The van der Waals surface area contributed by atoms with Crippen molar-refractivity contribution >= 4 is 33.5 Å². The van der Waals surface area contributed by atoms with Gasteiger partial charge in [-0.15, -0.1) is 11.3 Å². The average molecular weight is 493 g/mol. The van der Waals surface area contributed by atoms with Gasteiger partial charge in [0.05, 0.1) is 5.39 Å². The molecule has 8 nitrogen and oxygen atoms in total. The van der Waals surface area contributed by atoms with Crippen LogP contribution >= 0.6 is 11.3 Å². The molecule has 7 rings (SSSR count). The lowest BCUT2D eigenvalue weighted by Gasteiger charge is -2.26. The molecular formula is C27H24N8S. The Labute approximate surface area is 211 Å². The molecule has 0 bridgehead atoms. The Bertz CT molecular complexity index is 1660. The van der Waals surface area contributed by atoms with Gasteiger partial charge in [-0.2, -0.15) is 5.10 Å². The fourth-order valence-corrected chi connectivity index (χ4v) is 5.76. The van der Waals surface area contributed by atoms with Gasteiger partial charge in [0.25, 0.3) is 0 Å². The Balaban J connectivity index is 1.26. The number of piperidine rings is 1. The first-order chi connectivity index (χ1) is 17.8. The van der Waals surface area contributed by atoms with Crippen molar-refractivity contribution in [1.82, 2.24) is 40.0 Å². The van der Waals surface area contributed by atoms with E-state index in [0.29, 0.717) is 5.82 Å². The number of hydrogen-bond acceptors (Lipinski definition) is 7. The summed E-state index contributed by atoms with van der Waals surface area (Å²) < 4.78 is 0. The van der Waals surface area contributed by atoms with Crippen molar-refractivity contribution in [2.24, 2.45) is 0 Å². The lowest BCUT2D eigenvalue weighted by atomic mass is 10.1. The molecule has 36 heavy (non-hydrogen) atoms. The maximum atomic E-state index is 4.90. The number of H-pyrrole nitrogens is 2. The maximum Gasteiger partial charge on any atom is 0.161 e. The molecule has 178 valence electrons. The van der Waals surface area contributed by atoms with E-state index in [2.05, 4.69) is 58.6 Å². The standard InChI is InChI=1S/C27H24N8S/c1-2-8-35(9-3-1)16-17-11-18(14-28-13-17)19-12-21-24(33-34-25(21)30-15-19)27-31-23-20(22-5-4-10-36-22)6-7-29-26(23)32-27/h4-7,10-15H,1-3,8-9,16H2,(H,29,31,32)(H,30,33,34). The summed E-state index contributed by atoms with van der Waals surface area (Å²) in [5, 5.41) is 10.6. The zero-order chi connectivity index (χ0) is 23.9. The molecule has 7 heterocycles. The number of imidazole rings is 1. The number of nitrogens with one attached hydrogen (secondary N) is 2. The van der Waals surface area contributed by atoms with Gasteiger partial charge in [-0.05, 0) is 61.1 Å². The van der Waals surface area contributed by atoms with Gasteiger partial charge in [-0.3, -0.25) is 15.0 Å². The van der Waals surface area contributed by atoms with E-state index in [0.717, 1.165) is 69.1 Å². The topological polar surface area (TPSA) is 99.3 Å². The van der Waals surface area contributed by atoms with Gasteiger partial charge in [0.1, 0.15) is 11.2 Å². The molecule has 1 aliphatic rings. The van der Waals surface area contributed by atoms with E-state index in [-0.39, 0.29) is 0 Å². The van der Waals surface area contributed by atoms with Crippen molar-refractivity contribution in [2.75, 3.05) is 13.1 Å². The minimum atomic E-state index is 0.670. The van der Waals surface area contributed by atoms with Crippen LogP contribution in [-0.4, -0.2) is 53.1 Å². The third-order valence-corrected chi connectivity index (χ3v) is 7.70. The monoisotopic (exact) mass is 492 g/mol. The van der Waals surface area contributed by atoms with Crippen LogP contribution in [0.15, 0.2) is 60.5 Å². The van der Waals surface area contributed by atoms with Gasteiger partial charge in [0.15, 0.2) is 17.1 Å². The Hall–Kier alpha value is -3.95. The SMILES string of the molecule is c1csc(-c2ccnc3[nH]c(-c4n[nH]c5ncc(-c6cncc(CN7CCCCC7)c6)cc45)nc23)c1. The second-order valence-electron chi connectivity index (χ2n) is 9.23. The third-order valence-electron chi connectivity index (χ3n) is 6.80. The van der Waals surface area contributed by atoms with Crippen molar-refractivity contribution in [3.05, 3.63) is 66.1 Å². The number of aromatic nitrogens is 7. The Morgan fingerprint density at radius 2 is 1.86 bits per heavy atom. The van der Waals surface area contributed by atoms with Crippen molar-refractivity contribution < 1.29 is 0 Å². The van der Waals surface area contributed by atoms with E-state index in [1.807, 2.05) is 36.9 Å². The molecular weight excluding hydrogens is 468 g/mol. The van der Waals surface area contributed by atoms with Crippen molar-refractivity contribution in [2.45, 2.75) is 25.8 Å². The molecule has 2 N–H and O–H groups in total. The molecule has 1 fully saturated rings. The van der Waals surface area contributed by atoms with E-state index in [4.69, 9.17) is 4.98 Å². The molecule has 6 aromatic rings. The molecule has 0 aromatic carbocycles. The Morgan fingerprint density at radius 3 is 2.75 bits per heavy atom. The highest BCUT2D eigenvalue weighted by atomic mass is 32.1. The number of pyridine rings is 3. The van der Waals surface area contributed by atoms with Crippen LogP contribution in [-0.2, 0) is 6.54 Å². The first kappa shape index (κ1) is 21.3. The number of likely N-dealkylation sites (tertiary alicyclic amines) is 1. The normalized spacial score (nSPS) is 14.7. The van der Waals surface area contributed by atoms with Crippen LogP contribution in [0.3, 0.4) is 0 Å². The van der Waals surface area contributed by atoms with Gasteiger partial charge in [0.2, 0.25) is 0 Å². The van der Waals surface area contributed by atoms with Crippen molar-refractivity contribution in [3.8, 4) is 33.1 Å². The van der Waals surface area contributed by atoms with E-state index < -0.39 is 0 Å². The van der Waals surface area contributed by atoms with E-state index in [9.17, 15) is 0 Å². The lowest BCUT2D eigenvalue weighted by molar-refractivity contribution is 0.220. The minimum Gasteiger partial charge on any atom is -0.321 e. The van der Waals surface area contributed by atoms with Crippen LogP contribution in [0.5, 0.6) is 0 Å². The smallest absolute Gasteiger partial charge is 0.161 e. The van der Waals surface area contributed by atoms with Crippen LogP contribution in [0.4, 0.5) is 0 Å². The predicted molar refractivity (Wildman–Crippen MR) is 142 cm³/mol. The number of nitrogens with zero attached hydrogens (tertiary/aromatic N) is 6. The fourth-order valence-electron chi connectivity index (χ4n) is 5.00. The quantitative estimate of drug-likeness (QED) is 0.322. The molecule has 1 saturated heterocycles. The first-order valence-electron chi connectivity index (χ1n) is 12.2. The number of hydrogen-bond donors (Lipinski definition) is 2. The van der Waals surface area contributed by atoms with Crippen molar-refractivity contribution in [1.29, 1.82) is 0 Å². The van der Waals surface area contributed by atoms with Gasteiger partial charge in [0, 0.05) is 52.9 Å². The third kappa shape index (κ3) is 3.86. The molecule has 0 saturated carbocycles. The van der Waals surface area contributed by atoms with Crippen LogP contribution in [0.2, 0.25) is 0 Å². The van der Waals surface area contributed by atoms with E-state index >= 15 is 0 Å². The summed E-state index contributed by atoms with van der Waals surface area (Å²) in [6.07, 6.45) is 11.5. The molecule has 0 unspecified atom stereocenters.